The summed E-state index contributed by atoms with van der Waals surface area (Å²) >= 11 is 0. The van der Waals surface area contributed by atoms with E-state index in [9.17, 15) is 4.79 Å². The smallest absolute Gasteiger partial charge is 0.220 e. The van der Waals surface area contributed by atoms with E-state index in [1.54, 1.807) is 0 Å². The van der Waals surface area contributed by atoms with Gasteiger partial charge in [-0.25, -0.2) is 0 Å². The van der Waals surface area contributed by atoms with E-state index in [1.807, 2.05) is 0 Å². The van der Waals surface area contributed by atoms with Gasteiger partial charge in [-0.1, -0.05) is 26.2 Å². The van der Waals surface area contributed by atoms with Crippen molar-refractivity contribution in [2.45, 2.75) is 51.9 Å². The van der Waals surface area contributed by atoms with Crippen LogP contribution in [0.3, 0.4) is 0 Å². The monoisotopic (exact) mass is 195 g/mol. The molecule has 0 bridgehead atoms. The van der Waals surface area contributed by atoms with E-state index in [0.717, 1.165) is 25.3 Å². The Hall–Kier alpha value is -0.530. The summed E-state index contributed by atoms with van der Waals surface area (Å²) in [4.78, 5) is 11.1. The van der Waals surface area contributed by atoms with Gasteiger partial charge in [0.15, 0.2) is 0 Å². The van der Waals surface area contributed by atoms with Crippen LogP contribution in [0.1, 0.15) is 51.9 Å². The maximum Gasteiger partial charge on any atom is 0.220 e. The lowest BCUT2D eigenvalue weighted by atomic mass is 9.74. The van der Waals surface area contributed by atoms with Gasteiger partial charge in [0, 0.05) is 13.0 Å². The lowest BCUT2D eigenvalue weighted by Crippen LogP contribution is -2.43. The molecule has 1 amide bonds. The molecule has 2 heteroatoms. The number of hydrogen-bond acceptors (Lipinski definition) is 1. The molecule has 0 aromatic heterocycles. The molecule has 2 rings (SSSR count). The quantitative estimate of drug-likeness (QED) is 0.632. The van der Waals surface area contributed by atoms with Gasteiger partial charge in [-0.15, -0.1) is 0 Å². The van der Waals surface area contributed by atoms with Crippen LogP contribution in [-0.4, -0.2) is 12.5 Å². The van der Waals surface area contributed by atoms with Crippen LogP contribution in [0.2, 0.25) is 0 Å². The highest BCUT2D eigenvalue weighted by Crippen LogP contribution is 2.41. The predicted molar refractivity (Wildman–Crippen MR) is 56.9 cm³/mol. The number of rotatable bonds is 0. The highest BCUT2D eigenvalue weighted by Gasteiger charge is 2.35. The number of carbonyl (C=O) groups is 1. The predicted octanol–water partition coefficient (Wildman–Crippen LogP) is 2.48. The molecule has 2 unspecified atom stereocenters. The number of carbonyl (C=O) groups excluding carboxylic acids is 1. The van der Waals surface area contributed by atoms with Crippen molar-refractivity contribution < 1.29 is 4.79 Å². The third-order valence-electron chi connectivity index (χ3n) is 4.11. The van der Waals surface area contributed by atoms with E-state index in [1.165, 1.54) is 32.1 Å². The largest absolute Gasteiger partial charge is 0.356 e. The van der Waals surface area contributed by atoms with Crippen LogP contribution in [-0.2, 0) is 4.79 Å². The summed E-state index contributed by atoms with van der Waals surface area (Å²) in [5.41, 5.74) is 0.471. The molecular formula is C12H21NO. The second-order valence-corrected chi connectivity index (χ2v) is 5.31. The van der Waals surface area contributed by atoms with Crippen molar-refractivity contribution >= 4 is 5.91 Å². The van der Waals surface area contributed by atoms with Gasteiger partial charge < -0.3 is 5.32 Å². The Kier molecular flexibility index (Phi) is 2.80. The molecule has 2 aliphatic rings. The Labute approximate surface area is 86.5 Å². The Balaban J connectivity index is 1.97. The number of amides is 1. The van der Waals surface area contributed by atoms with Gasteiger partial charge in [-0.05, 0) is 30.6 Å². The van der Waals surface area contributed by atoms with Crippen molar-refractivity contribution in [3.63, 3.8) is 0 Å². The second-order valence-electron chi connectivity index (χ2n) is 5.31. The Bertz CT molecular complexity index is 214. The summed E-state index contributed by atoms with van der Waals surface area (Å²) in [5, 5.41) is 3.05. The van der Waals surface area contributed by atoms with Gasteiger partial charge in [-0.3, -0.25) is 4.79 Å². The molecule has 14 heavy (non-hydrogen) atoms. The SMILES string of the molecule is CC1CCCC2(CCC(=O)NC2)CC1. The highest BCUT2D eigenvalue weighted by atomic mass is 16.1. The van der Waals surface area contributed by atoms with Crippen LogP contribution >= 0.6 is 0 Å². The average molecular weight is 195 g/mol. The normalized spacial score (nSPS) is 39.2. The van der Waals surface area contributed by atoms with Crippen molar-refractivity contribution in [3.8, 4) is 0 Å². The van der Waals surface area contributed by atoms with E-state index in [0.29, 0.717) is 5.41 Å². The molecule has 1 aliphatic carbocycles. The maximum atomic E-state index is 11.1. The highest BCUT2D eigenvalue weighted by molar-refractivity contribution is 5.76. The summed E-state index contributed by atoms with van der Waals surface area (Å²) in [6.45, 7) is 3.30. The average Bonchev–Trinajstić information content (AvgIpc) is 2.36. The van der Waals surface area contributed by atoms with Crippen LogP contribution in [0.4, 0.5) is 0 Å². The lowest BCUT2D eigenvalue weighted by Gasteiger charge is -2.36. The Morgan fingerprint density at radius 2 is 2.14 bits per heavy atom. The molecular weight excluding hydrogens is 174 g/mol. The van der Waals surface area contributed by atoms with Crippen molar-refractivity contribution in [2.24, 2.45) is 11.3 Å². The fourth-order valence-corrected chi connectivity index (χ4v) is 2.92. The first-order valence-corrected chi connectivity index (χ1v) is 5.97. The molecule has 2 fully saturated rings. The summed E-state index contributed by atoms with van der Waals surface area (Å²) in [5.74, 6) is 1.15. The van der Waals surface area contributed by atoms with Crippen LogP contribution in [0, 0.1) is 11.3 Å². The zero-order valence-corrected chi connectivity index (χ0v) is 9.14. The van der Waals surface area contributed by atoms with Gasteiger partial charge in [0.1, 0.15) is 0 Å². The van der Waals surface area contributed by atoms with Gasteiger partial charge in [0.2, 0.25) is 5.91 Å². The summed E-state index contributed by atoms with van der Waals surface area (Å²) in [6.07, 6.45) is 8.65. The number of hydrogen-bond donors (Lipinski definition) is 1. The lowest BCUT2D eigenvalue weighted by molar-refractivity contribution is -0.124. The van der Waals surface area contributed by atoms with E-state index in [2.05, 4.69) is 12.2 Å². The van der Waals surface area contributed by atoms with Gasteiger partial charge in [-0.2, -0.15) is 0 Å². The van der Waals surface area contributed by atoms with Crippen LogP contribution in [0.5, 0.6) is 0 Å². The molecule has 0 radical (unpaired) electrons. The molecule has 2 atom stereocenters. The molecule has 0 aromatic carbocycles. The Morgan fingerprint density at radius 1 is 1.29 bits per heavy atom. The van der Waals surface area contributed by atoms with Gasteiger partial charge >= 0.3 is 0 Å². The topological polar surface area (TPSA) is 29.1 Å². The van der Waals surface area contributed by atoms with E-state index < -0.39 is 0 Å². The van der Waals surface area contributed by atoms with Crippen molar-refractivity contribution in [1.29, 1.82) is 0 Å². The van der Waals surface area contributed by atoms with E-state index >= 15 is 0 Å². The maximum absolute atomic E-state index is 11.1. The van der Waals surface area contributed by atoms with Crippen LogP contribution < -0.4 is 5.32 Å². The van der Waals surface area contributed by atoms with E-state index in [-0.39, 0.29) is 5.91 Å². The molecule has 1 saturated heterocycles. The van der Waals surface area contributed by atoms with Crippen molar-refractivity contribution in [3.05, 3.63) is 0 Å². The molecule has 1 aliphatic heterocycles. The fraction of sp³-hybridized carbons (Fsp3) is 0.917. The molecule has 1 saturated carbocycles. The summed E-state index contributed by atoms with van der Waals surface area (Å²) in [7, 11) is 0. The minimum absolute atomic E-state index is 0.257. The fourth-order valence-electron chi connectivity index (χ4n) is 2.92. The third kappa shape index (κ3) is 2.10. The zero-order chi connectivity index (χ0) is 10.0. The standard InChI is InChI=1S/C12H21NO/c1-10-3-2-6-12(7-4-10)8-5-11(14)13-9-12/h10H,2-9H2,1H3,(H,13,14). The van der Waals surface area contributed by atoms with Crippen molar-refractivity contribution in [1.82, 2.24) is 5.32 Å². The number of piperidine rings is 1. The Morgan fingerprint density at radius 3 is 2.86 bits per heavy atom. The second kappa shape index (κ2) is 3.92. The molecule has 0 aromatic rings. The van der Waals surface area contributed by atoms with Crippen LogP contribution in [0.15, 0.2) is 0 Å². The third-order valence-corrected chi connectivity index (χ3v) is 4.11. The number of nitrogens with one attached hydrogen (secondary N) is 1. The summed E-state index contributed by atoms with van der Waals surface area (Å²) < 4.78 is 0. The van der Waals surface area contributed by atoms with Gasteiger partial charge in [0.05, 0.1) is 0 Å². The van der Waals surface area contributed by atoms with Crippen molar-refractivity contribution in [2.75, 3.05) is 6.54 Å². The minimum atomic E-state index is 0.257. The van der Waals surface area contributed by atoms with Crippen LogP contribution in [0.25, 0.3) is 0 Å². The van der Waals surface area contributed by atoms with E-state index in [4.69, 9.17) is 0 Å². The molecule has 1 N–H and O–H groups in total. The molecule has 1 heterocycles. The molecule has 80 valence electrons. The molecule has 2 nitrogen and oxygen atoms in total. The first-order chi connectivity index (χ1) is 6.70. The van der Waals surface area contributed by atoms with Gasteiger partial charge in [0.25, 0.3) is 0 Å². The minimum Gasteiger partial charge on any atom is -0.356 e. The first kappa shape index (κ1) is 10.0. The first-order valence-electron chi connectivity index (χ1n) is 5.97. The molecule has 1 spiro atoms. The summed E-state index contributed by atoms with van der Waals surface area (Å²) in [6, 6.07) is 0. The zero-order valence-electron chi connectivity index (χ0n) is 9.14.